The molecule has 3 aromatic rings. The Morgan fingerprint density at radius 3 is 2.59 bits per heavy atom. The molecule has 27 heavy (non-hydrogen) atoms. The predicted molar refractivity (Wildman–Crippen MR) is 108 cm³/mol. The van der Waals surface area contributed by atoms with E-state index < -0.39 is 0 Å². The Morgan fingerprint density at radius 2 is 1.89 bits per heavy atom. The van der Waals surface area contributed by atoms with Crippen LogP contribution in [0.1, 0.15) is 18.1 Å². The molecular formula is C20H22N4O2S. The van der Waals surface area contributed by atoms with Gasteiger partial charge in [-0.1, -0.05) is 36.0 Å². The number of ether oxygens (including phenoxy) is 1. The van der Waals surface area contributed by atoms with Crippen molar-refractivity contribution in [3.8, 4) is 11.4 Å². The molecule has 140 valence electrons. The zero-order valence-corrected chi connectivity index (χ0v) is 16.6. The number of carbonyl (C=O) groups is 1. The van der Waals surface area contributed by atoms with E-state index in [9.17, 15) is 4.79 Å². The molecule has 0 saturated heterocycles. The molecular weight excluding hydrogens is 360 g/mol. The van der Waals surface area contributed by atoms with E-state index in [0.717, 1.165) is 28.3 Å². The second-order valence-electron chi connectivity index (χ2n) is 6.20. The van der Waals surface area contributed by atoms with Crippen molar-refractivity contribution in [3.63, 3.8) is 0 Å². The fourth-order valence-corrected chi connectivity index (χ4v) is 3.53. The molecule has 1 aromatic heterocycles. The molecule has 1 N–H and O–H groups in total. The van der Waals surface area contributed by atoms with Crippen molar-refractivity contribution < 1.29 is 9.53 Å². The first-order valence-corrected chi connectivity index (χ1v) is 9.45. The summed E-state index contributed by atoms with van der Waals surface area (Å²) in [6.45, 7) is 5.83. The van der Waals surface area contributed by atoms with Gasteiger partial charge in [-0.05, 0) is 44.0 Å². The lowest BCUT2D eigenvalue weighted by atomic mass is 10.1. The van der Waals surface area contributed by atoms with E-state index in [1.54, 1.807) is 13.4 Å². The Labute approximate surface area is 163 Å². The van der Waals surface area contributed by atoms with Crippen LogP contribution >= 0.6 is 11.8 Å². The molecule has 2 aromatic carbocycles. The number of anilines is 1. The quantitative estimate of drug-likeness (QED) is 0.652. The lowest BCUT2D eigenvalue weighted by molar-refractivity contribution is -0.115. The Morgan fingerprint density at radius 1 is 1.19 bits per heavy atom. The highest BCUT2D eigenvalue weighted by atomic mass is 32.2. The van der Waals surface area contributed by atoms with Crippen molar-refractivity contribution in [3.05, 3.63) is 59.9 Å². The summed E-state index contributed by atoms with van der Waals surface area (Å²) in [7, 11) is 1.63. The summed E-state index contributed by atoms with van der Waals surface area (Å²) in [5.41, 5.74) is 3.83. The molecule has 0 saturated carbocycles. The molecule has 0 aliphatic heterocycles. The monoisotopic (exact) mass is 382 g/mol. The molecule has 6 nitrogen and oxygen atoms in total. The number of amides is 1. The summed E-state index contributed by atoms with van der Waals surface area (Å²) in [4.78, 5) is 12.7. The maximum absolute atomic E-state index is 12.7. The predicted octanol–water partition coefficient (Wildman–Crippen LogP) is 4.01. The van der Waals surface area contributed by atoms with Gasteiger partial charge in [0.25, 0.3) is 0 Å². The number of rotatable bonds is 6. The van der Waals surface area contributed by atoms with Crippen LogP contribution < -0.4 is 10.1 Å². The molecule has 3 rings (SSSR count). The van der Waals surface area contributed by atoms with Gasteiger partial charge in [0.1, 0.15) is 12.1 Å². The normalized spacial score (nSPS) is 11.9. The van der Waals surface area contributed by atoms with Crippen LogP contribution in [0.4, 0.5) is 5.69 Å². The molecule has 1 amide bonds. The van der Waals surface area contributed by atoms with Crippen molar-refractivity contribution in [2.75, 3.05) is 12.4 Å². The van der Waals surface area contributed by atoms with Crippen LogP contribution in [0, 0.1) is 13.8 Å². The highest BCUT2D eigenvalue weighted by Gasteiger charge is 2.19. The van der Waals surface area contributed by atoms with Crippen molar-refractivity contribution in [1.82, 2.24) is 14.8 Å². The van der Waals surface area contributed by atoms with Crippen LogP contribution in [0.5, 0.6) is 5.75 Å². The van der Waals surface area contributed by atoms with Gasteiger partial charge in [0.15, 0.2) is 5.16 Å². The Hall–Kier alpha value is -2.80. The van der Waals surface area contributed by atoms with Gasteiger partial charge < -0.3 is 10.1 Å². The first-order valence-electron chi connectivity index (χ1n) is 8.57. The van der Waals surface area contributed by atoms with Gasteiger partial charge >= 0.3 is 0 Å². The van der Waals surface area contributed by atoms with Gasteiger partial charge in [-0.2, -0.15) is 0 Å². The average Bonchev–Trinajstić information content (AvgIpc) is 3.12. The molecule has 0 aliphatic carbocycles. The molecule has 1 atom stereocenters. The smallest absolute Gasteiger partial charge is 0.237 e. The van der Waals surface area contributed by atoms with E-state index in [1.165, 1.54) is 11.8 Å². The zero-order valence-electron chi connectivity index (χ0n) is 15.8. The second-order valence-corrected chi connectivity index (χ2v) is 7.51. The fraction of sp³-hybridized carbons (Fsp3) is 0.250. The van der Waals surface area contributed by atoms with Crippen LogP contribution in [0.25, 0.3) is 5.69 Å². The first kappa shape index (κ1) is 19.0. The molecule has 0 spiro atoms. The molecule has 0 fully saturated rings. The van der Waals surface area contributed by atoms with Crippen molar-refractivity contribution >= 4 is 23.4 Å². The number of hydrogen-bond donors (Lipinski definition) is 1. The fourth-order valence-electron chi connectivity index (χ4n) is 2.69. The zero-order chi connectivity index (χ0) is 19.4. The number of benzene rings is 2. The number of carbonyl (C=O) groups excluding carboxylic acids is 1. The van der Waals surface area contributed by atoms with E-state index in [2.05, 4.69) is 15.5 Å². The number of aryl methyl sites for hydroxylation is 2. The topological polar surface area (TPSA) is 69.0 Å². The first-order chi connectivity index (χ1) is 13.0. The van der Waals surface area contributed by atoms with Gasteiger partial charge in [-0.3, -0.25) is 9.36 Å². The van der Waals surface area contributed by atoms with Crippen molar-refractivity contribution in [2.24, 2.45) is 0 Å². The number of thioether (sulfide) groups is 1. The number of nitrogens with one attached hydrogen (secondary N) is 1. The lowest BCUT2D eigenvalue weighted by Gasteiger charge is -2.15. The van der Waals surface area contributed by atoms with Crippen LogP contribution in [-0.2, 0) is 4.79 Å². The molecule has 1 heterocycles. The molecule has 7 heteroatoms. The van der Waals surface area contributed by atoms with Crippen LogP contribution in [-0.4, -0.2) is 33.0 Å². The van der Waals surface area contributed by atoms with Gasteiger partial charge in [0.2, 0.25) is 5.91 Å². The largest absolute Gasteiger partial charge is 0.497 e. The molecule has 0 radical (unpaired) electrons. The minimum absolute atomic E-state index is 0.0717. The Kier molecular flexibility index (Phi) is 5.81. The van der Waals surface area contributed by atoms with Gasteiger partial charge in [0, 0.05) is 11.8 Å². The Bertz CT molecular complexity index is 934. The highest BCUT2D eigenvalue weighted by molar-refractivity contribution is 8.00. The molecule has 0 aliphatic rings. The second kappa shape index (κ2) is 8.26. The third kappa shape index (κ3) is 4.31. The van der Waals surface area contributed by atoms with Gasteiger partial charge in [-0.25, -0.2) is 0 Å². The van der Waals surface area contributed by atoms with E-state index in [-0.39, 0.29) is 11.2 Å². The number of para-hydroxylation sites is 1. The van der Waals surface area contributed by atoms with Crippen molar-refractivity contribution in [1.29, 1.82) is 0 Å². The number of hydrogen-bond acceptors (Lipinski definition) is 5. The van der Waals surface area contributed by atoms with Crippen LogP contribution in [0.3, 0.4) is 0 Å². The Balaban J connectivity index is 1.76. The summed E-state index contributed by atoms with van der Waals surface area (Å²) < 4.78 is 7.12. The SMILES string of the molecule is COc1cccc(-n2cnnc2SC(C)C(=O)Nc2c(C)cccc2C)c1. The number of methoxy groups -OCH3 is 1. The maximum Gasteiger partial charge on any atom is 0.237 e. The summed E-state index contributed by atoms with van der Waals surface area (Å²) >= 11 is 1.36. The number of nitrogens with zero attached hydrogens (tertiary/aromatic N) is 3. The van der Waals surface area contributed by atoms with E-state index in [0.29, 0.717) is 5.16 Å². The van der Waals surface area contributed by atoms with E-state index in [4.69, 9.17) is 4.74 Å². The lowest BCUT2D eigenvalue weighted by Crippen LogP contribution is -2.23. The molecule has 1 unspecified atom stereocenters. The standard InChI is InChI=1S/C20H22N4O2S/c1-13-7-5-8-14(2)18(13)22-19(25)15(3)27-20-23-21-12-24(20)16-9-6-10-17(11-16)26-4/h5-12,15H,1-4H3,(H,22,25). The summed E-state index contributed by atoms with van der Waals surface area (Å²) in [6, 6.07) is 13.6. The minimum Gasteiger partial charge on any atom is -0.497 e. The van der Waals surface area contributed by atoms with Crippen molar-refractivity contribution in [2.45, 2.75) is 31.2 Å². The number of aromatic nitrogens is 3. The van der Waals surface area contributed by atoms with E-state index >= 15 is 0 Å². The average molecular weight is 382 g/mol. The maximum atomic E-state index is 12.7. The summed E-state index contributed by atoms with van der Waals surface area (Å²) in [6.07, 6.45) is 1.63. The highest BCUT2D eigenvalue weighted by Crippen LogP contribution is 2.27. The van der Waals surface area contributed by atoms with Crippen LogP contribution in [0.15, 0.2) is 53.9 Å². The summed E-state index contributed by atoms with van der Waals surface area (Å²) in [5.74, 6) is 0.676. The van der Waals surface area contributed by atoms with E-state index in [1.807, 2.05) is 67.8 Å². The minimum atomic E-state index is -0.336. The third-order valence-electron chi connectivity index (χ3n) is 4.23. The van der Waals surface area contributed by atoms with Crippen LogP contribution in [0.2, 0.25) is 0 Å². The molecule has 0 bridgehead atoms. The van der Waals surface area contributed by atoms with Gasteiger partial charge in [-0.15, -0.1) is 10.2 Å². The third-order valence-corrected chi connectivity index (χ3v) is 5.29. The summed E-state index contributed by atoms with van der Waals surface area (Å²) in [5, 5.41) is 11.5. The van der Waals surface area contributed by atoms with Gasteiger partial charge in [0.05, 0.1) is 18.0 Å².